The molecule has 0 amide bonds. The summed E-state index contributed by atoms with van der Waals surface area (Å²) in [7, 11) is 4.11. The Kier molecular flexibility index (Phi) is 39.2. The lowest BCUT2D eigenvalue weighted by atomic mass is 9.91. The van der Waals surface area contributed by atoms with Gasteiger partial charge in [0, 0.05) is 25.5 Å². The van der Waals surface area contributed by atoms with Crippen LogP contribution in [0.2, 0.25) is 0 Å². The van der Waals surface area contributed by atoms with Crippen LogP contribution in [0.4, 0.5) is 0 Å². The van der Waals surface area contributed by atoms with Gasteiger partial charge in [-0.1, -0.05) is 154 Å². The van der Waals surface area contributed by atoms with Gasteiger partial charge in [-0.05, 0) is 115 Å². The molecular formula is C54H95NO6. The highest BCUT2D eigenvalue weighted by molar-refractivity contribution is 5.69. The Morgan fingerprint density at radius 2 is 0.951 bits per heavy atom. The van der Waals surface area contributed by atoms with Gasteiger partial charge in [0.05, 0.1) is 26.4 Å². The SMILES string of the molecule is CCCCCC=CCC=CCCCCCCCC(=O)OCCCCOc1cc(CN(C)C)cc(OCCCCOC(=O)CC(CCCCCCCC)CCCCCCCC)c1. The summed E-state index contributed by atoms with van der Waals surface area (Å²) in [6, 6.07) is 6.11. The molecule has 1 aromatic carbocycles. The summed E-state index contributed by atoms with van der Waals surface area (Å²) < 4.78 is 23.5. The molecule has 0 N–H and O–H groups in total. The fraction of sp³-hybridized carbons (Fsp3) is 0.778. The van der Waals surface area contributed by atoms with E-state index in [4.69, 9.17) is 18.9 Å². The highest BCUT2D eigenvalue weighted by Gasteiger charge is 2.15. The van der Waals surface area contributed by atoms with E-state index in [1.54, 1.807) is 0 Å². The number of esters is 2. The van der Waals surface area contributed by atoms with Gasteiger partial charge in [0.2, 0.25) is 0 Å². The number of hydrogen-bond donors (Lipinski definition) is 0. The molecule has 1 rings (SSSR count). The number of unbranched alkanes of at least 4 members (excludes halogenated alkanes) is 20. The van der Waals surface area contributed by atoms with Crippen LogP contribution >= 0.6 is 0 Å². The van der Waals surface area contributed by atoms with Crippen molar-refractivity contribution in [2.75, 3.05) is 40.5 Å². The maximum absolute atomic E-state index is 12.8. The number of benzene rings is 1. The number of allylic oxidation sites excluding steroid dienone is 4. The van der Waals surface area contributed by atoms with Crippen molar-refractivity contribution in [2.45, 2.75) is 226 Å². The quantitative estimate of drug-likeness (QED) is 0.0368. The Hall–Kier alpha value is -2.80. The van der Waals surface area contributed by atoms with E-state index >= 15 is 0 Å². The number of rotatable bonds is 44. The predicted molar refractivity (Wildman–Crippen MR) is 259 cm³/mol. The molecule has 0 bridgehead atoms. The molecular weight excluding hydrogens is 759 g/mol. The third-order valence-electron chi connectivity index (χ3n) is 11.3. The molecule has 1 aromatic rings. The number of hydrogen-bond acceptors (Lipinski definition) is 7. The smallest absolute Gasteiger partial charge is 0.306 e. The van der Waals surface area contributed by atoms with Gasteiger partial charge in [0.1, 0.15) is 11.5 Å². The fourth-order valence-electron chi connectivity index (χ4n) is 7.64. The molecule has 0 aliphatic carbocycles. The van der Waals surface area contributed by atoms with E-state index in [0.717, 1.165) is 87.8 Å². The third-order valence-corrected chi connectivity index (χ3v) is 11.3. The van der Waals surface area contributed by atoms with Crippen LogP contribution in [-0.2, 0) is 25.6 Å². The molecule has 0 heterocycles. The van der Waals surface area contributed by atoms with E-state index in [9.17, 15) is 9.59 Å². The van der Waals surface area contributed by atoms with Crippen LogP contribution in [0.25, 0.3) is 0 Å². The van der Waals surface area contributed by atoms with E-state index in [0.29, 0.717) is 45.2 Å². The average molecular weight is 854 g/mol. The molecule has 352 valence electrons. The first kappa shape index (κ1) is 56.2. The van der Waals surface area contributed by atoms with Crippen molar-refractivity contribution < 1.29 is 28.5 Å². The molecule has 0 aliphatic heterocycles. The van der Waals surface area contributed by atoms with E-state index in [2.05, 4.69) is 76.2 Å². The zero-order valence-corrected chi connectivity index (χ0v) is 40.5. The molecule has 0 fully saturated rings. The van der Waals surface area contributed by atoms with Gasteiger partial charge in [-0.3, -0.25) is 9.59 Å². The van der Waals surface area contributed by atoms with Gasteiger partial charge in [-0.25, -0.2) is 0 Å². The van der Waals surface area contributed by atoms with Crippen molar-refractivity contribution in [2.24, 2.45) is 5.92 Å². The van der Waals surface area contributed by atoms with Gasteiger partial charge in [0.15, 0.2) is 0 Å². The average Bonchev–Trinajstić information content (AvgIpc) is 3.23. The number of nitrogens with zero attached hydrogens (tertiary/aromatic N) is 1. The molecule has 7 heteroatoms. The second kappa shape index (κ2) is 42.5. The highest BCUT2D eigenvalue weighted by Crippen LogP contribution is 2.25. The lowest BCUT2D eigenvalue weighted by molar-refractivity contribution is -0.145. The lowest BCUT2D eigenvalue weighted by Crippen LogP contribution is -2.13. The Morgan fingerprint density at radius 3 is 1.49 bits per heavy atom. The van der Waals surface area contributed by atoms with Gasteiger partial charge >= 0.3 is 11.9 Å². The minimum absolute atomic E-state index is 0.0355. The molecule has 0 saturated heterocycles. The first-order valence-electron chi connectivity index (χ1n) is 25.5. The number of carbonyl (C=O) groups is 2. The highest BCUT2D eigenvalue weighted by atomic mass is 16.5. The Labute approximate surface area is 376 Å². The Morgan fingerprint density at radius 1 is 0.508 bits per heavy atom. The fourth-order valence-corrected chi connectivity index (χ4v) is 7.64. The van der Waals surface area contributed by atoms with E-state index < -0.39 is 0 Å². The van der Waals surface area contributed by atoms with Crippen LogP contribution in [-0.4, -0.2) is 57.4 Å². The third kappa shape index (κ3) is 37.5. The molecule has 0 unspecified atom stereocenters. The molecule has 61 heavy (non-hydrogen) atoms. The summed E-state index contributed by atoms with van der Waals surface area (Å²) in [5, 5.41) is 0. The Balaban J connectivity index is 2.27. The van der Waals surface area contributed by atoms with Gasteiger partial charge in [-0.2, -0.15) is 0 Å². The van der Waals surface area contributed by atoms with Gasteiger partial charge < -0.3 is 23.8 Å². The van der Waals surface area contributed by atoms with Crippen LogP contribution in [0.5, 0.6) is 11.5 Å². The normalized spacial score (nSPS) is 11.7. The number of carbonyl (C=O) groups excluding carboxylic acids is 2. The zero-order chi connectivity index (χ0) is 44.3. The first-order chi connectivity index (χ1) is 29.9. The summed E-state index contributed by atoms with van der Waals surface area (Å²) in [6.45, 7) is 9.55. The van der Waals surface area contributed by atoms with Crippen LogP contribution in [0.1, 0.15) is 225 Å². The van der Waals surface area contributed by atoms with Crippen LogP contribution < -0.4 is 9.47 Å². The van der Waals surface area contributed by atoms with Crippen molar-refractivity contribution in [1.82, 2.24) is 4.90 Å². The van der Waals surface area contributed by atoms with Crippen LogP contribution in [0.3, 0.4) is 0 Å². The molecule has 0 aromatic heterocycles. The summed E-state index contributed by atoms with van der Waals surface area (Å²) >= 11 is 0. The largest absolute Gasteiger partial charge is 0.493 e. The molecule has 0 radical (unpaired) electrons. The standard InChI is InChI=1S/C54H95NO6/c1-6-9-12-15-18-19-20-21-22-23-24-25-26-29-32-39-53(56)60-42-35-33-40-58-51-44-50(48-55(4)5)45-52(47-51)59-41-34-36-43-61-54(57)46-49(37-30-27-16-13-10-7-2)38-31-28-17-14-11-8-3/h18-19,21-22,44-45,47,49H,6-17,20,23-43,46,48H2,1-5H3. The molecule has 0 aliphatic rings. The molecule has 7 nitrogen and oxygen atoms in total. The number of ether oxygens (including phenoxy) is 4. The molecule has 0 saturated carbocycles. The first-order valence-corrected chi connectivity index (χ1v) is 25.5. The van der Waals surface area contributed by atoms with E-state index in [1.807, 2.05) is 6.07 Å². The summed E-state index contributed by atoms with van der Waals surface area (Å²) in [5.41, 5.74) is 1.13. The maximum Gasteiger partial charge on any atom is 0.306 e. The topological polar surface area (TPSA) is 74.3 Å². The van der Waals surface area contributed by atoms with E-state index in [-0.39, 0.29) is 11.9 Å². The second-order valence-electron chi connectivity index (χ2n) is 17.8. The zero-order valence-electron chi connectivity index (χ0n) is 40.5. The van der Waals surface area contributed by atoms with Crippen molar-refractivity contribution in [3.05, 3.63) is 48.1 Å². The monoisotopic (exact) mass is 854 g/mol. The molecule has 0 atom stereocenters. The van der Waals surface area contributed by atoms with Gasteiger partial charge in [-0.15, -0.1) is 0 Å². The van der Waals surface area contributed by atoms with Crippen molar-refractivity contribution >= 4 is 11.9 Å². The molecule has 0 spiro atoms. The van der Waals surface area contributed by atoms with E-state index in [1.165, 1.54) is 122 Å². The Bertz CT molecular complexity index is 1200. The predicted octanol–water partition coefficient (Wildman–Crippen LogP) is 15.5. The van der Waals surface area contributed by atoms with Crippen LogP contribution in [0.15, 0.2) is 42.5 Å². The minimum Gasteiger partial charge on any atom is -0.493 e. The van der Waals surface area contributed by atoms with Crippen LogP contribution in [0, 0.1) is 5.92 Å². The second-order valence-corrected chi connectivity index (χ2v) is 17.8. The van der Waals surface area contributed by atoms with Crippen molar-refractivity contribution in [3.8, 4) is 11.5 Å². The summed E-state index contributed by atoms with van der Waals surface area (Å²) in [6.07, 6.45) is 44.2. The minimum atomic E-state index is -0.0887. The van der Waals surface area contributed by atoms with Gasteiger partial charge in [0.25, 0.3) is 0 Å². The van der Waals surface area contributed by atoms with Crippen molar-refractivity contribution in [3.63, 3.8) is 0 Å². The summed E-state index contributed by atoms with van der Waals surface area (Å²) in [4.78, 5) is 27.2. The maximum atomic E-state index is 12.8. The lowest BCUT2D eigenvalue weighted by Gasteiger charge is -2.17. The summed E-state index contributed by atoms with van der Waals surface area (Å²) in [5.74, 6) is 1.91. The van der Waals surface area contributed by atoms with Crippen molar-refractivity contribution in [1.29, 1.82) is 0 Å².